The second-order valence-electron chi connectivity index (χ2n) is 4.37. The SMILES string of the molecule is CC(C#N)CN(C)c1cc(C(C)C)ncn1. The summed E-state index contributed by atoms with van der Waals surface area (Å²) >= 11 is 0. The quantitative estimate of drug-likeness (QED) is 0.777. The number of nitrogens with zero attached hydrogens (tertiary/aromatic N) is 4. The van der Waals surface area contributed by atoms with E-state index in [-0.39, 0.29) is 5.92 Å². The highest BCUT2D eigenvalue weighted by Gasteiger charge is 2.09. The van der Waals surface area contributed by atoms with Crippen LogP contribution in [-0.4, -0.2) is 23.6 Å². The maximum absolute atomic E-state index is 8.76. The van der Waals surface area contributed by atoms with Crippen molar-refractivity contribution in [1.82, 2.24) is 9.97 Å². The van der Waals surface area contributed by atoms with Gasteiger partial charge in [-0.15, -0.1) is 0 Å². The first-order chi connectivity index (χ1) is 7.54. The van der Waals surface area contributed by atoms with Gasteiger partial charge in [0.05, 0.1) is 12.0 Å². The smallest absolute Gasteiger partial charge is 0.131 e. The number of nitriles is 1. The van der Waals surface area contributed by atoms with E-state index in [1.165, 1.54) is 0 Å². The fourth-order valence-corrected chi connectivity index (χ4v) is 1.43. The van der Waals surface area contributed by atoms with Crippen molar-refractivity contribution in [2.24, 2.45) is 5.92 Å². The van der Waals surface area contributed by atoms with Gasteiger partial charge in [0.15, 0.2) is 0 Å². The lowest BCUT2D eigenvalue weighted by molar-refractivity contribution is 0.706. The van der Waals surface area contributed by atoms with Crippen LogP contribution in [0.1, 0.15) is 32.4 Å². The molecule has 0 spiro atoms. The highest BCUT2D eigenvalue weighted by atomic mass is 15.2. The van der Waals surface area contributed by atoms with Crippen LogP contribution in [0.4, 0.5) is 5.82 Å². The summed E-state index contributed by atoms with van der Waals surface area (Å²) < 4.78 is 0. The number of hydrogen-bond donors (Lipinski definition) is 0. The summed E-state index contributed by atoms with van der Waals surface area (Å²) in [6.45, 7) is 6.79. The molecule has 16 heavy (non-hydrogen) atoms. The predicted molar refractivity (Wildman–Crippen MR) is 64.2 cm³/mol. The first-order valence-corrected chi connectivity index (χ1v) is 5.47. The zero-order valence-corrected chi connectivity index (χ0v) is 10.3. The first-order valence-electron chi connectivity index (χ1n) is 5.47. The van der Waals surface area contributed by atoms with Gasteiger partial charge < -0.3 is 4.90 Å². The Morgan fingerprint density at radius 1 is 1.38 bits per heavy atom. The van der Waals surface area contributed by atoms with Crippen LogP contribution in [0.25, 0.3) is 0 Å². The van der Waals surface area contributed by atoms with Crippen LogP contribution >= 0.6 is 0 Å². The fourth-order valence-electron chi connectivity index (χ4n) is 1.43. The zero-order chi connectivity index (χ0) is 12.1. The molecule has 0 bridgehead atoms. The lowest BCUT2D eigenvalue weighted by atomic mass is 10.1. The molecule has 1 aromatic rings. The van der Waals surface area contributed by atoms with E-state index in [0.717, 1.165) is 11.5 Å². The van der Waals surface area contributed by atoms with Gasteiger partial charge in [0.25, 0.3) is 0 Å². The first kappa shape index (κ1) is 12.4. The van der Waals surface area contributed by atoms with Gasteiger partial charge in [-0.05, 0) is 12.8 Å². The Bertz CT molecular complexity index is 381. The van der Waals surface area contributed by atoms with Gasteiger partial charge in [0.1, 0.15) is 12.1 Å². The minimum Gasteiger partial charge on any atom is -0.358 e. The summed E-state index contributed by atoms with van der Waals surface area (Å²) in [5, 5.41) is 8.76. The van der Waals surface area contributed by atoms with Crippen LogP contribution < -0.4 is 4.90 Å². The third-order valence-electron chi connectivity index (χ3n) is 2.42. The molecule has 1 rings (SSSR count). The summed E-state index contributed by atoms with van der Waals surface area (Å²) in [4.78, 5) is 10.4. The highest BCUT2D eigenvalue weighted by molar-refractivity contribution is 5.38. The second-order valence-corrected chi connectivity index (χ2v) is 4.37. The molecule has 1 heterocycles. The van der Waals surface area contributed by atoms with Crippen LogP contribution in [-0.2, 0) is 0 Å². The normalized spacial score (nSPS) is 12.2. The molecule has 0 amide bonds. The maximum Gasteiger partial charge on any atom is 0.131 e. The molecule has 0 aliphatic heterocycles. The third-order valence-corrected chi connectivity index (χ3v) is 2.42. The zero-order valence-electron chi connectivity index (χ0n) is 10.3. The average Bonchev–Trinajstić information content (AvgIpc) is 2.28. The van der Waals surface area contributed by atoms with Crippen LogP contribution in [0.3, 0.4) is 0 Å². The predicted octanol–water partition coefficient (Wildman–Crippen LogP) is 2.20. The molecule has 0 saturated carbocycles. The molecular weight excluding hydrogens is 200 g/mol. The van der Waals surface area contributed by atoms with E-state index in [1.54, 1.807) is 6.33 Å². The Morgan fingerprint density at radius 2 is 2.06 bits per heavy atom. The van der Waals surface area contributed by atoms with E-state index >= 15 is 0 Å². The van der Waals surface area contributed by atoms with E-state index < -0.39 is 0 Å². The monoisotopic (exact) mass is 218 g/mol. The van der Waals surface area contributed by atoms with Gasteiger partial charge in [-0.2, -0.15) is 5.26 Å². The fraction of sp³-hybridized carbons (Fsp3) is 0.583. The van der Waals surface area contributed by atoms with Gasteiger partial charge in [-0.25, -0.2) is 9.97 Å². The van der Waals surface area contributed by atoms with Crippen LogP contribution in [0.5, 0.6) is 0 Å². The summed E-state index contributed by atoms with van der Waals surface area (Å²) in [5.74, 6) is 1.27. The molecule has 0 aromatic carbocycles. The van der Waals surface area contributed by atoms with E-state index in [0.29, 0.717) is 12.5 Å². The van der Waals surface area contributed by atoms with Crippen LogP contribution in [0.2, 0.25) is 0 Å². The Morgan fingerprint density at radius 3 is 2.62 bits per heavy atom. The molecule has 86 valence electrons. The van der Waals surface area contributed by atoms with Crippen LogP contribution in [0, 0.1) is 17.2 Å². The van der Waals surface area contributed by atoms with Crippen molar-refractivity contribution in [1.29, 1.82) is 5.26 Å². The molecule has 1 atom stereocenters. The molecule has 1 aromatic heterocycles. The summed E-state index contributed by atoms with van der Waals surface area (Å²) in [6.07, 6.45) is 1.58. The molecule has 0 aliphatic rings. The van der Waals surface area contributed by atoms with Gasteiger partial charge in [0.2, 0.25) is 0 Å². The lowest BCUT2D eigenvalue weighted by Gasteiger charge is -2.19. The van der Waals surface area contributed by atoms with Crippen molar-refractivity contribution < 1.29 is 0 Å². The number of rotatable bonds is 4. The summed E-state index contributed by atoms with van der Waals surface area (Å²) in [6, 6.07) is 4.20. The van der Waals surface area contributed by atoms with E-state index in [9.17, 15) is 0 Å². The van der Waals surface area contributed by atoms with Gasteiger partial charge in [0, 0.05) is 25.4 Å². The Balaban J connectivity index is 2.80. The lowest BCUT2D eigenvalue weighted by Crippen LogP contribution is -2.24. The minimum atomic E-state index is 0.00228. The standard InChI is InChI=1S/C12H18N4/c1-9(2)11-5-12(15-8-14-11)16(4)7-10(3)6-13/h5,8-10H,7H2,1-4H3. The molecule has 0 fully saturated rings. The highest BCUT2D eigenvalue weighted by Crippen LogP contribution is 2.16. The second kappa shape index (κ2) is 5.45. The number of anilines is 1. The molecule has 0 N–H and O–H groups in total. The summed E-state index contributed by atoms with van der Waals surface area (Å²) in [7, 11) is 1.94. The molecule has 0 radical (unpaired) electrons. The molecule has 0 saturated heterocycles. The van der Waals surface area contributed by atoms with Crippen LogP contribution in [0.15, 0.2) is 12.4 Å². The van der Waals surface area contributed by atoms with Crippen molar-refractivity contribution in [3.05, 3.63) is 18.1 Å². The molecule has 0 aliphatic carbocycles. The molecule has 4 nitrogen and oxygen atoms in total. The van der Waals surface area contributed by atoms with E-state index in [4.69, 9.17) is 5.26 Å². The number of aromatic nitrogens is 2. The molecule has 4 heteroatoms. The van der Waals surface area contributed by atoms with Crippen molar-refractivity contribution in [2.75, 3.05) is 18.5 Å². The van der Waals surface area contributed by atoms with E-state index in [1.807, 2.05) is 24.9 Å². The largest absolute Gasteiger partial charge is 0.358 e. The third kappa shape index (κ3) is 3.20. The van der Waals surface area contributed by atoms with Crippen molar-refractivity contribution in [3.8, 4) is 6.07 Å². The average molecular weight is 218 g/mol. The molecule has 1 unspecified atom stereocenters. The van der Waals surface area contributed by atoms with Crippen molar-refractivity contribution in [2.45, 2.75) is 26.7 Å². The van der Waals surface area contributed by atoms with Crippen molar-refractivity contribution in [3.63, 3.8) is 0 Å². The van der Waals surface area contributed by atoms with E-state index in [2.05, 4.69) is 29.9 Å². The summed E-state index contributed by atoms with van der Waals surface area (Å²) in [5.41, 5.74) is 1.03. The van der Waals surface area contributed by atoms with Crippen molar-refractivity contribution >= 4 is 5.82 Å². The van der Waals surface area contributed by atoms with Gasteiger partial charge >= 0.3 is 0 Å². The topological polar surface area (TPSA) is 52.8 Å². The van der Waals surface area contributed by atoms with Gasteiger partial charge in [-0.1, -0.05) is 13.8 Å². The number of hydrogen-bond acceptors (Lipinski definition) is 4. The molecular formula is C12H18N4. The minimum absolute atomic E-state index is 0.00228. The Hall–Kier alpha value is -1.63. The van der Waals surface area contributed by atoms with Gasteiger partial charge in [-0.3, -0.25) is 0 Å². The maximum atomic E-state index is 8.76. The Labute approximate surface area is 96.9 Å². The Kier molecular flexibility index (Phi) is 4.24.